The molecule has 0 fully saturated rings. The van der Waals surface area contributed by atoms with Gasteiger partial charge in [-0.05, 0) is 20.2 Å². The Morgan fingerprint density at radius 3 is 2.61 bits per heavy atom. The highest BCUT2D eigenvalue weighted by atomic mass is 35.5. The van der Waals surface area contributed by atoms with Crippen molar-refractivity contribution in [1.29, 1.82) is 0 Å². The van der Waals surface area contributed by atoms with E-state index in [-0.39, 0.29) is 5.02 Å². The number of fused-ring (bicyclic) bond motifs is 1. The molecule has 0 aliphatic rings. The molecule has 0 aliphatic carbocycles. The first-order valence-electron chi connectivity index (χ1n) is 5.16. The second-order valence-corrected chi connectivity index (χ2v) is 4.66. The zero-order valence-corrected chi connectivity index (χ0v) is 10.5. The molecule has 0 saturated heterocycles. The number of hydrogen-bond donors (Lipinski definition) is 0. The first-order valence-corrected chi connectivity index (χ1v) is 5.54. The van der Waals surface area contributed by atoms with Gasteiger partial charge >= 0.3 is 6.18 Å². The third kappa shape index (κ3) is 2.44. The molecule has 2 heterocycles. The van der Waals surface area contributed by atoms with Crippen molar-refractivity contribution in [2.45, 2.75) is 12.7 Å². The zero-order chi connectivity index (χ0) is 13.5. The van der Waals surface area contributed by atoms with E-state index in [1.54, 1.807) is 0 Å². The van der Waals surface area contributed by atoms with Crippen LogP contribution in [-0.4, -0.2) is 28.4 Å². The summed E-state index contributed by atoms with van der Waals surface area (Å²) in [6.45, 7) is 0.485. The number of rotatable bonds is 2. The van der Waals surface area contributed by atoms with Gasteiger partial charge in [0.1, 0.15) is 0 Å². The number of alkyl halides is 3. The fourth-order valence-corrected chi connectivity index (χ4v) is 1.95. The van der Waals surface area contributed by atoms with Gasteiger partial charge < -0.3 is 9.30 Å². The van der Waals surface area contributed by atoms with Gasteiger partial charge in [-0.1, -0.05) is 11.6 Å². The summed E-state index contributed by atoms with van der Waals surface area (Å²) in [6, 6.07) is 0.892. The molecule has 2 aromatic rings. The fraction of sp³-hybridized carbons (Fsp3) is 0.364. The van der Waals surface area contributed by atoms with Gasteiger partial charge in [-0.15, -0.1) is 0 Å². The zero-order valence-electron chi connectivity index (χ0n) is 9.79. The standard InChI is InChI=1S/C11H11ClF3N3/c1-17(2)6-8-4-16-10-9(12)3-7(5-18(8)10)11(13,14)15/h3-5H,6H2,1-2H3. The lowest BCUT2D eigenvalue weighted by molar-refractivity contribution is -0.137. The number of hydrogen-bond acceptors (Lipinski definition) is 2. The van der Waals surface area contributed by atoms with Crippen molar-refractivity contribution < 1.29 is 13.2 Å². The van der Waals surface area contributed by atoms with Crippen LogP contribution in [-0.2, 0) is 12.7 Å². The average molecular weight is 278 g/mol. The van der Waals surface area contributed by atoms with Gasteiger partial charge in [-0.3, -0.25) is 0 Å². The van der Waals surface area contributed by atoms with Crippen LogP contribution in [0.1, 0.15) is 11.3 Å². The first kappa shape index (κ1) is 13.2. The van der Waals surface area contributed by atoms with Crippen LogP contribution in [0.25, 0.3) is 5.65 Å². The Hall–Kier alpha value is -1.27. The summed E-state index contributed by atoms with van der Waals surface area (Å²) in [7, 11) is 3.66. The largest absolute Gasteiger partial charge is 0.417 e. The Morgan fingerprint density at radius 2 is 2.06 bits per heavy atom. The van der Waals surface area contributed by atoms with E-state index in [1.165, 1.54) is 10.6 Å². The van der Waals surface area contributed by atoms with E-state index in [0.29, 0.717) is 17.9 Å². The second-order valence-electron chi connectivity index (χ2n) is 4.26. The molecule has 0 N–H and O–H groups in total. The van der Waals surface area contributed by atoms with Crippen LogP contribution in [0.2, 0.25) is 5.02 Å². The van der Waals surface area contributed by atoms with Gasteiger partial charge in [0.05, 0.1) is 22.5 Å². The van der Waals surface area contributed by atoms with Crippen molar-refractivity contribution in [2.24, 2.45) is 0 Å². The van der Waals surface area contributed by atoms with Crippen molar-refractivity contribution in [2.75, 3.05) is 14.1 Å². The van der Waals surface area contributed by atoms with E-state index in [1.807, 2.05) is 19.0 Å². The minimum atomic E-state index is -4.42. The molecule has 2 aromatic heterocycles. The SMILES string of the molecule is CN(C)Cc1cnc2c(Cl)cc(C(F)(F)F)cn12. The van der Waals surface area contributed by atoms with Gasteiger partial charge in [0.25, 0.3) is 0 Å². The number of imidazole rings is 1. The topological polar surface area (TPSA) is 20.5 Å². The molecular weight excluding hydrogens is 267 g/mol. The Kier molecular flexibility index (Phi) is 3.25. The third-order valence-electron chi connectivity index (χ3n) is 2.44. The monoisotopic (exact) mass is 277 g/mol. The maximum Gasteiger partial charge on any atom is 0.417 e. The lowest BCUT2D eigenvalue weighted by atomic mass is 10.2. The highest BCUT2D eigenvalue weighted by molar-refractivity contribution is 6.33. The Morgan fingerprint density at radius 1 is 1.39 bits per heavy atom. The van der Waals surface area contributed by atoms with Gasteiger partial charge in [0, 0.05) is 12.7 Å². The molecular formula is C11H11ClF3N3. The summed E-state index contributed by atoms with van der Waals surface area (Å²) < 4.78 is 39.5. The molecule has 7 heteroatoms. The van der Waals surface area contributed by atoms with Gasteiger partial charge in [0.15, 0.2) is 5.65 Å². The van der Waals surface area contributed by atoms with E-state index < -0.39 is 11.7 Å². The van der Waals surface area contributed by atoms with Crippen LogP contribution >= 0.6 is 11.6 Å². The molecule has 0 radical (unpaired) electrons. The molecule has 0 aliphatic heterocycles. The summed E-state index contributed by atoms with van der Waals surface area (Å²) in [5.41, 5.74) is 0.211. The van der Waals surface area contributed by atoms with Crippen LogP contribution in [0.3, 0.4) is 0 Å². The van der Waals surface area contributed by atoms with Crippen LogP contribution in [0, 0.1) is 0 Å². The van der Waals surface area contributed by atoms with Crippen molar-refractivity contribution in [1.82, 2.24) is 14.3 Å². The molecule has 0 spiro atoms. The minimum Gasteiger partial charge on any atom is -0.304 e. The quantitative estimate of drug-likeness (QED) is 0.841. The molecule has 98 valence electrons. The van der Waals surface area contributed by atoms with E-state index >= 15 is 0 Å². The predicted molar refractivity (Wildman–Crippen MR) is 62.6 cm³/mol. The predicted octanol–water partition coefficient (Wildman–Crippen LogP) is 3.07. The van der Waals surface area contributed by atoms with Crippen LogP contribution in [0.5, 0.6) is 0 Å². The maximum absolute atomic E-state index is 12.7. The first-order chi connectivity index (χ1) is 8.29. The molecule has 0 bridgehead atoms. The van der Waals surface area contributed by atoms with Crippen LogP contribution < -0.4 is 0 Å². The van der Waals surface area contributed by atoms with Gasteiger partial charge in [-0.2, -0.15) is 13.2 Å². The Labute approximate surface area is 107 Å². The Balaban J connectivity index is 2.61. The van der Waals surface area contributed by atoms with Gasteiger partial charge in [0.2, 0.25) is 0 Å². The molecule has 0 unspecified atom stereocenters. The minimum absolute atomic E-state index is 0.00479. The van der Waals surface area contributed by atoms with Crippen LogP contribution in [0.4, 0.5) is 13.2 Å². The summed E-state index contributed by atoms with van der Waals surface area (Å²) in [4.78, 5) is 5.88. The third-order valence-corrected chi connectivity index (χ3v) is 2.72. The van der Waals surface area contributed by atoms with Crippen molar-refractivity contribution in [3.8, 4) is 0 Å². The summed E-state index contributed by atoms with van der Waals surface area (Å²) in [5.74, 6) is 0. The summed E-state index contributed by atoms with van der Waals surface area (Å²) in [5, 5.41) is -0.00479. The van der Waals surface area contributed by atoms with E-state index in [0.717, 1.165) is 12.3 Å². The lowest BCUT2D eigenvalue weighted by Crippen LogP contribution is -2.13. The number of halogens is 4. The fourth-order valence-electron chi connectivity index (χ4n) is 1.69. The van der Waals surface area contributed by atoms with Crippen molar-refractivity contribution in [3.63, 3.8) is 0 Å². The highest BCUT2D eigenvalue weighted by Gasteiger charge is 2.32. The van der Waals surface area contributed by atoms with Crippen LogP contribution in [0.15, 0.2) is 18.5 Å². The second kappa shape index (κ2) is 4.44. The van der Waals surface area contributed by atoms with E-state index in [2.05, 4.69) is 4.98 Å². The van der Waals surface area contributed by atoms with Gasteiger partial charge in [-0.25, -0.2) is 4.98 Å². The Bertz CT molecular complexity index is 575. The lowest BCUT2D eigenvalue weighted by Gasteiger charge is -2.12. The molecule has 18 heavy (non-hydrogen) atoms. The van der Waals surface area contributed by atoms with E-state index in [4.69, 9.17) is 11.6 Å². The molecule has 0 atom stereocenters. The number of aromatic nitrogens is 2. The smallest absolute Gasteiger partial charge is 0.304 e. The summed E-state index contributed by atoms with van der Waals surface area (Å²) in [6.07, 6.45) is -1.87. The summed E-state index contributed by atoms with van der Waals surface area (Å²) >= 11 is 5.82. The van der Waals surface area contributed by atoms with Crippen molar-refractivity contribution >= 4 is 17.2 Å². The maximum atomic E-state index is 12.7. The highest BCUT2D eigenvalue weighted by Crippen LogP contribution is 2.32. The normalized spacial score (nSPS) is 12.6. The average Bonchev–Trinajstić information content (AvgIpc) is 2.60. The molecule has 0 amide bonds. The van der Waals surface area contributed by atoms with E-state index in [9.17, 15) is 13.2 Å². The number of nitrogens with zero attached hydrogens (tertiary/aromatic N) is 3. The molecule has 3 nitrogen and oxygen atoms in total. The van der Waals surface area contributed by atoms with Crippen molar-refractivity contribution in [3.05, 3.63) is 34.7 Å². The molecule has 0 saturated carbocycles. The number of pyridine rings is 1. The molecule has 2 rings (SSSR count). The molecule has 0 aromatic carbocycles.